The smallest absolute Gasteiger partial charge is 0.549 e. The van der Waals surface area contributed by atoms with E-state index in [1.165, 1.54) is 64.2 Å². The quantitative estimate of drug-likeness (QED) is 0.311. The summed E-state index contributed by atoms with van der Waals surface area (Å²) in [4.78, 5) is 12.9. The third-order valence-corrected chi connectivity index (χ3v) is 4.01. The van der Waals surface area contributed by atoms with Crippen LogP contribution in [-0.2, 0) is 4.79 Å². The van der Waals surface area contributed by atoms with Crippen LogP contribution in [0.2, 0.25) is 0 Å². The number of carboxylic acid groups (broad SMARTS) is 1. The average Bonchev–Trinajstić information content (AvgIpc) is 2.45. The summed E-state index contributed by atoms with van der Waals surface area (Å²) in [5, 5.41) is 10.8. The molecule has 0 aliphatic rings. The van der Waals surface area contributed by atoms with Gasteiger partial charge in [-0.3, -0.25) is 4.90 Å². The molecule has 0 N–H and O–H groups in total. The molecule has 0 aromatic carbocycles. The molecule has 0 unspecified atom stereocenters. The molecule has 0 aromatic rings. The van der Waals surface area contributed by atoms with Crippen molar-refractivity contribution < 1.29 is 39.5 Å². The van der Waals surface area contributed by atoms with Crippen molar-refractivity contribution in [2.75, 3.05) is 19.6 Å². The van der Waals surface area contributed by atoms with E-state index in [-0.39, 0.29) is 36.1 Å². The topological polar surface area (TPSA) is 43.4 Å². The zero-order valence-electron chi connectivity index (χ0n) is 15.4. The maximum Gasteiger partial charge on any atom is 1.00 e. The molecular weight excluding hydrogens is 285 g/mol. The number of hydrogen-bond acceptors (Lipinski definition) is 3. The van der Waals surface area contributed by atoms with Crippen LogP contribution in [0.4, 0.5) is 0 Å². The van der Waals surface area contributed by atoms with Crippen LogP contribution in [0.5, 0.6) is 0 Å². The van der Waals surface area contributed by atoms with E-state index in [2.05, 4.69) is 18.7 Å². The van der Waals surface area contributed by atoms with Gasteiger partial charge in [-0.1, -0.05) is 78.1 Å². The fraction of sp³-hybridized carbons (Fsp3) is 0.944. The van der Waals surface area contributed by atoms with Crippen LogP contribution in [0, 0.1) is 0 Å². The average molecular weight is 321 g/mol. The molecule has 0 saturated carbocycles. The predicted molar refractivity (Wildman–Crippen MR) is 88.2 cm³/mol. The molecule has 0 aliphatic heterocycles. The summed E-state index contributed by atoms with van der Waals surface area (Å²) in [5.74, 6) is -0.938. The van der Waals surface area contributed by atoms with Gasteiger partial charge in [-0.25, -0.2) is 0 Å². The molecule has 4 heteroatoms. The number of nitrogens with zero attached hydrogens (tertiary/aromatic N) is 1. The van der Waals surface area contributed by atoms with Gasteiger partial charge in [0.15, 0.2) is 0 Å². The Hall–Kier alpha value is 0.430. The molecule has 126 valence electrons. The fourth-order valence-corrected chi connectivity index (χ4v) is 2.68. The molecule has 0 spiro atoms. The van der Waals surface area contributed by atoms with E-state index in [4.69, 9.17) is 0 Å². The fourth-order valence-electron chi connectivity index (χ4n) is 2.68. The van der Waals surface area contributed by atoms with E-state index in [1.807, 2.05) is 0 Å². The second kappa shape index (κ2) is 19.5. The summed E-state index contributed by atoms with van der Waals surface area (Å²) >= 11 is 0. The molecule has 0 aromatic heterocycles. The number of unbranched alkanes of at least 4 members (excludes halogenated alkanes) is 10. The summed E-state index contributed by atoms with van der Waals surface area (Å²) in [6.45, 7) is 6.37. The van der Waals surface area contributed by atoms with Crippen LogP contribution in [0.1, 0.15) is 90.9 Å². The van der Waals surface area contributed by atoms with E-state index in [0.717, 1.165) is 25.9 Å². The van der Waals surface area contributed by atoms with Crippen LogP contribution in [0.15, 0.2) is 0 Å². The minimum atomic E-state index is -0.938. The minimum Gasteiger partial charge on any atom is -0.549 e. The van der Waals surface area contributed by atoms with Crippen molar-refractivity contribution in [2.24, 2.45) is 0 Å². The van der Waals surface area contributed by atoms with Gasteiger partial charge in [0.25, 0.3) is 0 Å². The van der Waals surface area contributed by atoms with Crippen molar-refractivity contribution in [3.63, 3.8) is 0 Å². The van der Waals surface area contributed by atoms with Crippen molar-refractivity contribution in [2.45, 2.75) is 90.9 Å². The van der Waals surface area contributed by atoms with E-state index >= 15 is 0 Å². The Morgan fingerprint density at radius 2 is 1.09 bits per heavy atom. The molecule has 0 aliphatic carbocycles. The molecule has 0 saturated heterocycles. The molecule has 0 rings (SSSR count). The number of carbonyl (C=O) groups excluding carboxylic acids is 1. The zero-order chi connectivity index (χ0) is 15.8. The zero-order valence-corrected chi connectivity index (χ0v) is 17.4. The Morgan fingerprint density at radius 3 is 1.45 bits per heavy atom. The number of hydrogen-bond donors (Lipinski definition) is 0. The van der Waals surface area contributed by atoms with Crippen molar-refractivity contribution in [1.29, 1.82) is 0 Å². The van der Waals surface area contributed by atoms with Gasteiger partial charge in [-0.05, 0) is 25.9 Å². The second-order valence-corrected chi connectivity index (χ2v) is 6.18. The molecule has 0 atom stereocenters. The van der Waals surface area contributed by atoms with Crippen LogP contribution >= 0.6 is 0 Å². The maximum absolute atomic E-state index is 10.8. The maximum atomic E-state index is 10.8. The molecule has 0 radical (unpaired) electrons. The molecule has 3 nitrogen and oxygen atoms in total. The standard InChI is InChI=1S/C18H37NO2.Na/c1-3-5-7-9-11-13-15-19(17-18(20)21)16-14-12-10-8-6-4-2;/h3-17H2,1-2H3,(H,20,21);/q;+1/p-1. The van der Waals surface area contributed by atoms with Gasteiger partial charge in [0, 0.05) is 6.54 Å². The van der Waals surface area contributed by atoms with Crippen molar-refractivity contribution >= 4 is 5.97 Å². The molecular formula is C18H36NNaO2. The first-order valence-corrected chi connectivity index (χ1v) is 9.12. The summed E-state index contributed by atoms with van der Waals surface area (Å²) in [7, 11) is 0. The molecule has 0 heterocycles. The summed E-state index contributed by atoms with van der Waals surface area (Å²) in [5.41, 5.74) is 0. The summed E-state index contributed by atoms with van der Waals surface area (Å²) in [6, 6.07) is 0. The monoisotopic (exact) mass is 321 g/mol. The van der Waals surface area contributed by atoms with Gasteiger partial charge in [-0.2, -0.15) is 0 Å². The van der Waals surface area contributed by atoms with Crippen LogP contribution < -0.4 is 34.7 Å². The Bertz CT molecular complexity index is 221. The number of carbonyl (C=O) groups is 1. The van der Waals surface area contributed by atoms with Crippen LogP contribution in [-0.4, -0.2) is 30.5 Å². The van der Waals surface area contributed by atoms with E-state index in [0.29, 0.717) is 0 Å². The number of rotatable bonds is 16. The second-order valence-electron chi connectivity index (χ2n) is 6.18. The van der Waals surface area contributed by atoms with E-state index < -0.39 is 5.97 Å². The van der Waals surface area contributed by atoms with Gasteiger partial charge < -0.3 is 9.90 Å². The first-order valence-electron chi connectivity index (χ1n) is 9.12. The minimum absolute atomic E-state index is 0. The van der Waals surface area contributed by atoms with E-state index in [1.54, 1.807) is 0 Å². The molecule has 22 heavy (non-hydrogen) atoms. The Kier molecular flexibility index (Phi) is 21.8. The summed E-state index contributed by atoms with van der Waals surface area (Å²) < 4.78 is 0. The van der Waals surface area contributed by atoms with Crippen molar-refractivity contribution in [1.82, 2.24) is 4.90 Å². The Balaban J connectivity index is 0. The first kappa shape index (κ1) is 24.7. The SMILES string of the molecule is CCCCCCCCN(CCCCCCCC)CC(=O)[O-].[Na+]. The molecule has 0 bridgehead atoms. The largest absolute Gasteiger partial charge is 1.00 e. The third kappa shape index (κ3) is 18.5. The van der Waals surface area contributed by atoms with Gasteiger partial charge in [-0.15, -0.1) is 0 Å². The van der Waals surface area contributed by atoms with Crippen molar-refractivity contribution in [3.8, 4) is 0 Å². The Morgan fingerprint density at radius 1 is 0.727 bits per heavy atom. The van der Waals surface area contributed by atoms with Gasteiger partial charge >= 0.3 is 29.6 Å². The molecule has 0 amide bonds. The van der Waals surface area contributed by atoms with Crippen LogP contribution in [0.3, 0.4) is 0 Å². The van der Waals surface area contributed by atoms with Gasteiger partial charge in [0.2, 0.25) is 0 Å². The Labute approximate surface area is 160 Å². The predicted octanol–water partition coefficient (Wildman–Crippen LogP) is 0.763. The third-order valence-electron chi connectivity index (χ3n) is 4.01. The first-order chi connectivity index (χ1) is 10.2. The number of carboxylic acids is 1. The van der Waals surface area contributed by atoms with Gasteiger partial charge in [0.1, 0.15) is 0 Å². The summed E-state index contributed by atoms with van der Waals surface area (Å²) in [6.07, 6.45) is 15.1. The number of aliphatic carboxylic acids is 1. The van der Waals surface area contributed by atoms with Crippen LogP contribution in [0.25, 0.3) is 0 Å². The van der Waals surface area contributed by atoms with E-state index in [9.17, 15) is 9.90 Å². The normalized spacial score (nSPS) is 10.7. The van der Waals surface area contributed by atoms with Crippen molar-refractivity contribution in [3.05, 3.63) is 0 Å². The molecule has 0 fully saturated rings. The van der Waals surface area contributed by atoms with Gasteiger partial charge in [0.05, 0.1) is 5.97 Å².